The minimum Gasteiger partial charge on any atom is -0.872 e. The van der Waals surface area contributed by atoms with Gasteiger partial charge in [-0.25, -0.2) is 4.98 Å². The van der Waals surface area contributed by atoms with E-state index in [1.807, 2.05) is 36.4 Å². The van der Waals surface area contributed by atoms with Crippen molar-refractivity contribution < 1.29 is 41.2 Å². The molecule has 0 radical (unpaired) electrons. The van der Waals surface area contributed by atoms with Crippen LogP contribution in [0.1, 0.15) is 141 Å². The fourth-order valence-corrected chi connectivity index (χ4v) is 18.7. The minimum atomic E-state index is -0.107. The van der Waals surface area contributed by atoms with Crippen LogP contribution in [0.25, 0.3) is 44.8 Å². The number of hydrogen-bond acceptors (Lipinski definition) is 4. The van der Waals surface area contributed by atoms with Crippen LogP contribution < -0.4 is 14.9 Å². The molecule has 0 unspecified atom stereocenters. The van der Waals surface area contributed by atoms with Crippen molar-refractivity contribution in [2.24, 2.45) is 32.5 Å². The molecule has 8 bridgehead atoms. The molecule has 4 aromatic carbocycles. The Hall–Kier alpha value is -3.69. The van der Waals surface area contributed by atoms with Crippen LogP contribution in [0.4, 0.5) is 0 Å². The number of aromatic nitrogens is 1. The number of nitrogens with zero attached hydrogens (tertiary/aromatic N) is 1. The van der Waals surface area contributed by atoms with Crippen molar-refractivity contribution in [1.82, 2.24) is 4.98 Å². The molecule has 8 fully saturated rings. The number of pyridine rings is 1. The Labute approximate surface area is 410 Å². The molecule has 1 aromatic heterocycles. The van der Waals surface area contributed by atoms with E-state index in [9.17, 15) is 0 Å². The Morgan fingerprint density at radius 2 is 0.723 bits per heavy atom. The van der Waals surface area contributed by atoms with Crippen LogP contribution in [0.15, 0.2) is 84.9 Å². The number of aryl methyl sites for hydroxylation is 2. The Morgan fingerprint density at radius 3 is 1.02 bits per heavy atom. The van der Waals surface area contributed by atoms with Crippen LogP contribution in [0.3, 0.4) is 0 Å². The van der Waals surface area contributed by atoms with Crippen molar-refractivity contribution in [1.29, 1.82) is 0 Å². The molecule has 5 heteroatoms. The van der Waals surface area contributed by atoms with E-state index < -0.39 is 0 Å². The second-order valence-corrected chi connectivity index (χ2v) is 24.8. The van der Waals surface area contributed by atoms with E-state index in [-0.39, 0.29) is 95.9 Å². The van der Waals surface area contributed by atoms with Crippen molar-refractivity contribution in [3.63, 3.8) is 0 Å². The quantitative estimate of drug-likeness (QED) is 0.152. The first-order valence-electron chi connectivity index (χ1n) is 23.6. The monoisotopic (exact) mass is 943 g/mol. The SMILES string of the molecule is COc1cc(-c2ccccc2-c2cc(C)cc(C34CC5(C)CC(C)(CC(C)(C5)C3)C4)c2[O-])nc(-c2ccccc2-c2cc(C)cc(C34CC5(C)CC(C)(CC(C)(C5)C3)C4)c2[O-])c1.[CH3-].[CH3-].[Zr+4]. The predicted molar refractivity (Wildman–Crippen MR) is 261 cm³/mol. The standard InChI is InChI=1S/C58H67NO3.2CH3.Zr/c1-36-18-43(49(60)45(20-36)57-30-51(3)24-52(4,31-57)26-53(5,25-51)32-57)39-14-10-12-16-41(39)47-22-38(62-9)23-48(59-47)42-17-13-11-15-40(42)44-19-37(2)21-46(50(44)61)58-33-54(6)27-55(7,34-58)29-56(8,28-54)35-58;;;/h10-23,60-61H,24-35H2,1-9H3;2*1H3;/q;2*-1;+4/p-2. The molecule has 4 nitrogen and oxygen atoms in total. The molecule has 13 rings (SSSR count). The van der Waals surface area contributed by atoms with Crippen molar-refractivity contribution in [3.05, 3.63) is 122 Å². The molecule has 8 aliphatic rings. The molecule has 5 aromatic rings. The van der Waals surface area contributed by atoms with Gasteiger partial charge in [-0.15, -0.1) is 0 Å². The van der Waals surface area contributed by atoms with Gasteiger partial charge >= 0.3 is 26.2 Å². The van der Waals surface area contributed by atoms with Gasteiger partial charge in [0, 0.05) is 23.3 Å². The van der Waals surface area contributed by atoms with Gasteiger partial charge < -0.3 is 29.8 Å². The zero-order valence-electron chi connectivity index (χ0n) is 41.2. The summed E-state index contributed by atoms with van der Waals surface area (Å²) in [6.45, 7) is 19.3. The molecular formula is C60H71NO3Zr. The van der Waals surface area contributed by atoms with Gasteiger partial charge in [0.25, 0.3) is 0 Å². The van der Waals surface area contributed by atoms with Gasteiger partial charge in [0.15, 0.2) is 0 Å². The van der Waals surface area contributed by atoms with E-state index in [0.29, 0.717) is 5.75 Å². The van der Waals surface area contributed by atoms with Crippen LogP contribution in [0, 0.1) is 61.2 Å². The average Bonchev–Trinajstić information content (AvgIpc) is 3.15. The molecule has 1 heterocycles. The van der Waals surface area contributed by atoms with Crippen LogP contribution >= 0.6 is 0 Å². The smallest absolute Gasteiger partial charge is 0.872 e. The zero-order chi connectivity index (χ0) is 43.5. The van der Waals surface area contributed by atoms with E-state index in [1.54, 1.807) is 7.11 Å². The molecule has 65 heavy (non-hydrogen) atoms. The molecule has 0 aliphatic heterocycles. The molecule has 0 saturated heterocycles. The van der Waals surface area contributed by atoms with E-state index in [1.165, 1.54) is 38.5 Å². The molecule has 0 amide bonds. The Bertz CT molecular complexity index is 2430. The van der Waals surface area contributed by atoms with Gasteiger partial charge in [-0.1, -0.05) is 137 Å². The van der Waals surface area contributed by atoms with E-state index in [4.69, 9.17) is 9.72 Å². The van der Waals surface area contributed by atoms with Crippen LogP contribution in [-0.4, -0.2) is 12.1 Å². The third-order valence-corrected chi connectivity index (χ3v) is 17.3. The molecule has 0 N–H and O–H groups in total. The topological polar surface area (TPSA) is 68.2 Å². The summed E-state index contributed by atoms with van der Waals surface area (Å²) < 4.78 is 6.02. The first-order chi connectivity index (χ1) is 29.2. The number of ether oxygens (including phenoxy) is 1. The number of rotatable bonds is 7. The Morgan fingerprint density at radius 1 is 0.431 bits per heavy atom. The zero-order valence-corrected chi connectivity index (χ0v) is 43.7. The first-order valence-corrected chi connectivity index (χ1v) is 23.6. The average molecular weight is 945 g/mol. The summed E-state index contributed by atoms with van der Waals surface area (Å²) >= 11 is 0. The maximum Gasteiger partial charge on any atom is 4.00 e. The predicted octanol–water partition coefficient (Wildman–Crippen LogP) is 14.7. The van der Waals surface area contributed by atoms with Crippen molar-refractivity contribution in [3.8, 4) is 62.0 Å². The van der Waals surface area contributed by atoms with Gasteiger partial charge in [-0.05, 0) is 168 Å². The molecule has 338 valence electrons. The van der Waals surface area contributed by atoms with Gasteiger partial charge in [0.2, 0.25) is 0 Å². The third-order valence-electron chi connectivity index (χ3n) is 17.3. The van der Waals surface area contributed by atoms with Crippen LogP contribution in [-0.2, 0) is 37.0 Å². The summed E-state index contributed by atoms with van der Waals surface area (Å²) in [4.78, 5) is 5.42. The van der Waals surface area contributed by atoms with Crippen molar-refractivity contribution in [2.45, 2.75) is 143 Å². The maximum atomic E-state index is 15.2. The second-order valence-electron chi connectivity index (χ2n) is 24.8. The normalized spacial score (nSPS) is 34.7. The summed E-state index contributed by atoms with van der Waals surface area (Å²) in [5, 5.41) is 30.4. The largest absolute Gasteiger partial charge is 4.00 e. The second kappa shape index (κ2) is 15.4. The van der Waals surface area contributed by atoms with Gasteiger partial charge in [-0.3, -0.25) is 0 Å². The van der Waals surface area contributed by atoms with Gasteiger partial charge in [-0.2, -0.15) is 0 Å². The van der Waals surface area contributed by atoms with Crippen molar-refractivity contribution in [2.75, 3.05) is 7.11 Å². The van der Waals surface area contributed by atoms with Gasteiger partial charge in [0.05, 0.1) is 18.5 Å². The summed E-state index contributed by atoms with van der Waals surface area (Å²) in [6.07, 6.45) is 14.2. The minimum absolute atomic E-state index is 0. The van der Waals surface area contributed by atoms with Crippen molar-refractivity contribution >= 4 is 0 Å². The maximum absolute atomic E-state index is 15.2. The third kappa shape index (κ3) is 7.60. The molecule has 0 spiro atoms. The fourth-order valence-electron chi connectivity index (χ4n) is 18.7. The molecule has 8 aliphatic carbocycles. The van der Waals surface area contributed by atoms with Crippen LogP contribution in [0.2, 0.25) is 0 Å². The number of methoxy groups -OCH3 is 1. The van der Waals surface area contributed by atoms with Crippen LogP contribution in [0.5, 0.6) is 17.2 Å². The molecule has 8 saturated carbocycles. The van der Waals surface area contributed by atoms with E-state index in [0.717, 1.165) is 106 Å². The van der Waals surface area contributed by atoms with E-state index in [2.05, 4.69) is 104 Å². The number of benzene rings is 4. The Kier molecular flexibility index (Phi) is 11.3. The summed E-state index contributed by atoms with van der Waals surface area (Å²) in [6, 6.07) is 29.2. The number of hydrogen-bond donors (Lipinski definition) is 0. The van der Waals surface area contributed by atoms with Gasteiger partial charge in [0.1, 0.15) is 5.75 Å². The molecular weight excluding hydrogens is 874 g/mol. The summed E-state index contributed by atoms with van der Waals surface area (Å²) in [5.74, 6) is 1.02. The summed E-state index contributed by atoms with van der Waals surface area (Å²) in [7, 11) is 1.70. The van der Waals surface area contributed by atoms with E-state index >= 15 is 10.2 Å². The summed E-state index contributed by atoms with van der Waals surface area (Å²) in [5.41, 5.74) is 12.3. The molecule has 0 atom stereocenters. The Balaban J connectivity index is 0.00000192. The fraction of sp³-hybridized carbons (Fsp3) is 0.483. The first kappa shape index (κ1) is 47.8.